The molecule has 0 saturated heterocycles. The first kappa shape index (κ1) is 15.4. The molecule has 3 aromatic carbocycles. The lowest BCUT2D eigenvalue weighted by molar-refractivity contribution is -0.141. The van der Waals surface area contributed by atoms with Gasteiger partial charge < -0.3 is 0 Å². The quantitative estimate of drug-likeness (QED) is 0.458. The molecule has 0 aliphatic heterocycles. The number of hydrogen-bond acceptors (Lipinski definition) is 1. The monoisotopic (exact) mass is 338 g/mol. The standard InChI is InChI=1S/C20H13F3N2/c21-20(22,23)19-13-18(25(24-19)15-9-2-1-3-10-15)17-12-6-8-14-7-4-5-11-16(14)17/h1-13H. The number of aromatic nitrogens is 2. The van der Waals surface area contributed by atoms with Crippen molar-refractivity contribution in [2.75, 3.05) is 0 Å². The van der Waals surface area contributed by atoms with Crippen LogP contribution < -0.4 is 0 Å². The predicted octanol–water partition coefficient (Wildman–Crippen LogP) is 5.71. The van der Waals surface area contributed by atoms with E-state index in [0.29, 0.717) is 16.9 Å². The van der Waals surface area contributed by atoms with Gasteiger partial charge in [0.2, 0.25) is 0 Å². The van der Waals surface area contributed by atoms with Crippen molar-refractivity contribution in [1.82, 2.24) is 9.78 Å². The Morgan fingerprint density at radius 2 is 1.44 bits per heavy atom. The van der Waals surface area contributed by atoms with Gasteiger partial charge in [-0.25, -0.2) is 4.68 Å². The minimum absolute atomic E-state index is 0.412. The molecule has 0 atom stereocenters. The van der Waals surface area contributed by atoms with Gasteiger partial charge in [0.05, 0.1) is 11.4 Å². The van der Waals surface area contributed by atoms with E-state index in [9.17, 15) is 13.2 Å². The van der Waals surface area contributed by atoms with Gasteiger partial charge in [-0.1, -0.05) is 60.7 Å². The smallest absolute Gasteiger partial charge is 0.232 e. The number of hydrogen-bond donors (Lipinski definition) is 0. The molecule has 0 unspecified atom stereocenters. The highest BCUT2D eigenvalue weighted by Crippen LogP contribution is 2.35. The zero-order valence-electron chi connectivity index (χ0n) is 13.0. The molecule has 0 radical (unpaired) electrons. The SMILES string of the molecule is FC(F)(F)c1cc(-c2cccc3ccccc23)n(-c2ccccc2)n1. The summed E-state index contributed by atoms with van der Waals surface area (Å²) in [6.07, 6.45) is -4.50. The van der Waals surface area contributed by atoms with Crippen LogP contribution in [0.2, 0.25) is 0 Å². The number of benzene rings is 3. The molecular formula is C20H13F3N2. The largest absolute Gasteiger partial charge is 0.435 e. The zero-order valence-corrected chi connectivity index (χ0v) is 13.0. The van der Waals surface area contributed by atoms with E-state index < -0.39 is 11.9 Å². The van der Waals surface area contributed by atoms with Crippen molar-refractivity contribution >= 4 is 10.8 Å². The summed E-state index contributed by atoms with van der Waals surface area (Å²) in [6, 6.07) is 23.2. The molecular weight excluding hydrogens is 325 g/mol. The molecule has 0 aliphatic carbocycles. The molecule has 0 amide bonds. The van der Waals surface area contributed by atoms with Crippen LogP contribution >= 0.6 is 0 Å². The van der Waals surface area contributed by atoms with Crippen LogP contribution in [0.1, 0.15) is 5.69 Å². The van der Waals surface area contributed by atoms with Crippen LogP contribution in [0.25, 0.3) is 27.7 Å². The molecule has 4 rings (SSSR count). The van der Waals surface area contributed by atoms with Gasteiger partial charge >= 0.3 is 6.18 Å². The number of halogens is 3. The van der Waals surface area contributed by atoms with Crippen molar-refractivity contribution in [2.24, 2.45) is 0 Å². The van der Waals surface area contributed by atoms with Crippen molar-refractivity contribution in [3.05, 3.63) is 84.6 Å². The fourth-order valence-electron chi connectivity index (χ4n) is 2.93. The number of nitrogens with zero attached hydrogens (tertiary/aromatic N) is 2. The zero-order chi connectivity index (χ0) is 17.4. The Bertz CT molecular complexity index is 1030. The van der Waals surface area contributed by atoms with E-state index in [-0.39, 0.29) is 0 Å². The Morgan fingerprint density at radius 1 is 0.760 bits per heavy atom. The third kappa shape index (κ3) is 2.78. The second-order valence-electron chi connectivity index (χ2n) is 5.69. The van der Waals surface area contributed by atoms with Crippen molar-refractivity contribution in [3.8, 4) is 16.9 Å². The summed E-state index contributed by atoms with van der Waals surface area (Å²) in [7, 11) is 0. The molecule has 0 aliphatic rings. The van der Waals surface area contributed by atoms with Crippen molar-refractivity contribution in [2.45, 2.75) is 6.18 Å². The summed E-state index contributed by atoms with van der Waals surface area (Å²) in [6.45, 7) is 0. The molecule has 1 aromatic heterocycles. The normalized spacial score (nSPS) is 11.8. The number of fused-ring (bicyclic) bond motifs is 1. The van der Waals surface area contributed by atoms with Crippen LogP contribution in [0, 0.1) is 0 Å². The van der Waals surface area contributed by atoms with Crippen molar-refractivity contribution in [1.29, 1.82) is 0 Å². The van der Waals surface area contributed by atoms with Crippen LogP contribution in [-0.4, -0.2) is 9.78 Å². The first-order valence-corrected chi connectivity index (χ1v) is 7.75. The average Bonchev–Trinajstić information content (AvgIpc) is 3.07. The summed E-state index contributed by atoms with van der Waals surface area (Å²) in [5.74, 6) is 0. The van der Waals surface area contributed by atoms with Crippen LogP contribution in [-0.2, 0) is 6.18 Å². The van der Waals surface area contributed by atoms with Gasteiger partial charge in [0.25, 0.3) is 0 Å². The maximum atomic E-state index is 13.3. The Hall–Kier alpha value is -3.08. The summed E-state index contributed by atoms with van der Waals surface area (Å²) in [5, 5.41) is 5.68. The molecule has 1 heterocycles. The van der Waals surface area contributed by atoms with E-state index in [1.165, 1.54) is 4.68 Å². The van der Waals surface area contributed by atoms with E-state index in [2.05, 4.69) is 5.10 Å². The summed E-state index contributed by atoms with van der Waals surface area (Å²) < 4.78 is 41.1. The van der Waals surface area contributed by atoms with Gasteiger partial charge in [-0.2, -0.15) is 18.3 Å². The lowest BCUT2D eigenvalue weighted by Crippen LogP contribution is -2.07. The molecule has 0 bridgehead atoms. The molecule has 2 nitrogen and oxygen atoms in total. The topological polar surface area (TPSA) is 17.8 Å². The number of rotatable bonds is 2. The average molecular weight is 338 g/mol. The predicted molar refractivity (Wildman–Crippen MR) is 91.5 cm³/mol. The van der Waals surface area contributed by atoms with Gasteiger partial charge in [0, 0.05) is 5.56 Å². The number of para-hydroxylation sites is 1. The summed E-state index contributed by atoms with van der Waals surface area (Å²) >= 11 is 0. The fraction of sp³-hybridized carbons (Fsp3) is 0.0500. The first-order valence-electron chi connectivity index (χ1n) is 7.75. The molecule has 25 heavy (non-hydrogen) atoms. The molecule has 0 fully saturated rings. The van der Waals surface area contributed by atoms with Crippen LogP contribution in [0.15, 0.2) is 78.9 Å². The molecule has 5 heteroatoms. The van der Waals surface area contributed by atoms with Gasteiger partial charge in [-0.15, -0.1) is 0 Å². The lowest BCUT2D eigenvalue weighted by atomic mass is 10.0. The van der Waals surface area contributed by atoms with Gasteiger partial charge in [-0.3, -0.25) is 0 Å². The molecule has 0 saturated carbocycles. The van der Waals surface area contributed by atoms with E-state index >= 15 is 0 Å². The van der Waals surface area contributed by atoms with E-state index in [0.717, 1.165) is 16.8 Å². The molecule has 0 spiro atoms. The Morgan fingerprint density at radius 3 is 2.20 bits per heavy atom. The van der Waals surface area contributed by atoms with Crippen molar-refractivity contribution in [3.63, 3.8) is 0 Å². The van der Waals surface area contributed by atoms with Gasteiger partial charge in [0.15, 0.2) is 5.69 Å². The Kier molecular flexibility index (Phi) is 3.57. The van der Waals surface area contributed by atoms with E-state index in [1.807, 2.05) is 48.5 Å². The minimum atomic E-state index is -4.50. The first-order chi connectivity index (χ1) is 12.0. The maximum Gasteiger partial charge on any atom is 0.435 e. The molecule has 4 aromatic rings. The highest BCUT2D eigenvalue weighted by Gasteiger charge is 2.35. The second-order valence-corrected chi connectivity index (χ2v) is 5.69. The Balaban J connectivity index is 2.02. The lowest BCUT2D eigenvalue weighted by Gasteiger charge is -2.10. The van der Waals surface area contributed by atoms with Gasteiger partial charge in [0.1, 0.15) is 0 Å². The fourth-order valence-corrected chi connectivity index (χ4v) is 2.93. The molecule has 124 valence electrons. The summed E-state index contributed by atoms with van der Waals surface area (Å²) in [4.78, 5) is 0. The molecule has 0 N–H and O–H groups in total. The summed E-state index contributed by atoms with van der Waals surface area (Å²) in [5.41, 5.74) is 0.806. The van der Waals surface area contributed by atoms with Crippen LogP contribution in [0.3, 0.4) is 0 Å². The van der Waals surface area contributed by atoms with E-state index in [4.69, 9.17) is 0 Å². The van der Waals surface area contributed by atoms with Crippen LogP contribution in [0.5, 0.6) is 0 Å². The van der Waals surface area contributed by atoms with E-state index in [1.54, 1.807) is 24.3 Å². The van der Waals surface area contributed by atoms with Crippen molar-refractivity contribution < 1.29 is 13.2 Å². The highest BCUT2D eigenvalue weighted by molar-refractivity contribution is 5.96. The second kappa shape index (κ2) is 5.77. The maximum absolute atomic E-state index is 13.3. The van der Waals surface area contributed by atoms with Gasteiger partial charge in [-0.05, 0) is 29.0 Å². The third-order valence-electron chi connectivity index (χ3n) is 4.07. The third-order valence-corrected chi connectivity index (χ3v) is 4.07. The minimum Gasteiger partial charge on any atom is -0.232 e. The highest BCUT2D eigenvalue weighted by atomic mass is 19.4. The van der Waals surface area contributed by atoms with Crippen LogP contribution in [0.4, 0.5) is 13.2 Å². The number of alkyl halides is 3. The Labute approximate surface area is 142 Å².